The highest BCUT2D eigenvalue weighted by Crippen LogP contribution is 2.13. The Morgan fingerprint density at radius 3 is 2.35 bits per heavy atom. The van der Waals surface area contributed by atoms with E-state index in [9.17, 15) is 13.2 Å². The van der Waals surface area contributed by atoms with E-state index in [-0.39, 0.29) is 11.7 Å². The van der Waals surface area contributed by atoms with Crippen LogP contribution in [0.2, 0.25) is 0 Å². The van der Waals surface area contributed by atoms with Crippen molar-refractivity contribution in [3.8, 4) is 0 Å². The number of aryl methyl sites for hydroxylation is 1. The molecule has 1 aliphatic rings. The van der Waals surface area contributed by atoms with E-state index in [2.05, 4.69) is 5.10 Å². The van der Waals surface area contributed by atoms with E-state index in [4.69, 9.17) is 0 Å². The highest BCUT2D eigenvalue weighted by atomic mass is 32.2. The molecular weight excluding hydrogens is 280 g/mol. The van der Waals surface area contributed by atoms with Crippen molar-refractivity contribution in [3.63, 3.8) is 0 Å². The lowest BCUT2D eigenvalue weighted by Gasteiger charge is -2.33. The van der Waals surface area contributed by atoms with Gasteiger partial charge < -0.3 is 4.90 Å². The quantitative estimate of drug-likeness (QED) is 0.777. The molecule has 1 aliphatic heterocycles. The van der Waals surface area contributed by atoms with Crippen LogP contribution in [0.4, 0.5) is 0 Å². The number of hydrogen-bond acceptors (Lipinski definition) is 4. The van der Waals surface area contributed by atoms with Crippen LogP contribution in [0.25, 0.3) is 0 Å². The summed E-state index contributed by atoms with van der Waals surface area (Å²) in [4.78, 5) is 14.1. The smallest absolute Gasteiger partial charge is 0.257 e. The lowest BCUT2D eigenvalue weighted by atomic mass is 10.2. The van der Waals surface area contributed by atoms with Crippen molar-refractivity contribution in [2.24, 2.45) is 7.05 Å². The third-order valence-corrected chi connectivity index (χ3v) is 5.63. The van der Waals surface area contributed by atoms with Crippen LogP contribution in [0, 0.1) is 6.92 Å². The molecule has 20 heavy (non-hydrogen) atoms. The summed E-state index contributed by atoms with van der Waals surface area (Å²) in [5.74, 6) is 0.0204. The minimum Gasteiger partial charge on any atom is -0.336 e. The number of rotatable bonds is 3. The molecule has 0 spiro atoms. The first-order chi connectivity index (χ1) is 9.36. The van der Waals surface area contributed by atoms with Gasteiger partial charge in [-0.2, -0.15) is 9.40 Å². The van der Waals surface area contributed by atoms with Crippen LogP contribution in [0.5, 0.6) is 0 Å². The number of carbonyl (C=O) groups excluding carboxylic acids is 1. The second-order valence-electron chi connectivity index (χ2n) is 4.86. The number of carbonyl (C=O) groups is 1. The zero-order valence-corrected chi connectivity index (χ0v) is 12.9. The number of sulfonamides is 1. The number of hydrogen-bond donors (Lipinski definition) is 0. The van der Waals surface area contributed by atoms with Crippen LogP contribution in [-0.4, -0.2) is 65.2 Å². The predicted molar refractivity (Wildman–Crippen MR) is 74.9 cm³/mol. The molecular formula is C12H20N4O3S. The van der Waals surface area contributed by atoms with Gasteiger partial charge in [-0.25, -0.2) is 8.42 Å². The monoisotopic (exact) mass is 300 g/mol. The van der Waals surface area contributed by atoms with Crippen LogP contribution in [-0.2, 0) is 17.1 Å². The van der Waals surface area contributed by atoms with E-state index in [0.717, 1.165) is 5.69 Å². The first kappa shape index (κ1) is 15.0. The van der Waals surface area contributed by atoms with Crippen LogP contribution in [0.1, 0.15) is 23.0 Å². The summed E-state index contributed by atoms with van der Waals surface area (Å²) in [5, 5.41) is 4.06. The highest BCUT2D eigenvalue weighted by molar-refractivity contribution is 7.89. The second kappa shape index (κ2) is 5.53. The van der Waals surface area contributed by atoms with E-state index in [1.165, 1.54) is 4.31 Å². The maximum Gasteiger partial charge on any atom is 0.257 e. The molecule has 2 heterocycles. The molecule has 1 aromatic heterocycles. The molecule has 1 fully saturated rings. The predicted octanol–water partition coefficient (Wildman–Crippen LogP) is -0.164. The van der Waals surface area contributed by atoms with Gasteiger partial charge in [-0.15, -0.1) is 0 Å². The van der Waals surface area contributed by atoms with Crippen molar-refractivity contribution < 1.29 is 13.2 Å². The maximum atomic E-state index is 12.4. The average Bonchev–Trinajstić information content (AvgIpc) is 2.78. The molecule has 0 radical (unpaired) electrons. The van der Waals surface area contributed by atoms with Gasteiger partial charge in [-0.3, -0.25) is 9.48 Å². The SMILES string of the molecule is CCS(=O)(=O)N1CCN(C(=O)c2cnn(C)c2C)CC1. The van der Waals surface area contributed by atoms with Gasteiger partial charge in [0.1, 0.15) is 0 Å². The maximum absolute atomic E-state index is 12.4. The fourth-order valence-electron chi connectivity index (χ4n) is 2.23. The Morgan fingerprint density at radius 2 is 1.90 bits per heavy atom. The van der Waals surface area contributed by atoms with Crippen LogP contribution in [0.15, 0.2) is 6.20 Å². The summed E-state index contributed by atoms with van der Waals surface area (Å²) >= 11 is 0. The molecule has 0 bridgehead atoms. The molecule has 0 aromatic carbocycles. The number of aromatic nitrogens is 2. The summed E-state index contributed by atoms with van der Waals surface area (Å²) in [6, 6.07) is 0. The third-order valence-electron chi connectivity index (χ3n) is 3.75. The summed E-state index contributed by atoms with van der Waals surface area (Å²) in [6.07, 6.45) is 1.56. The Kier molecular flexibility index (Phi) is 4.14. The Hall–Kier alpha value is -1.41. The summed E-state index contributed by atoms with van der Waals surface area (Å²) in [5.41, 5.74) is 1.40. The minimum absolute atomic E-state index is 0.0795. The molecule has 1 amide bonds. The number of amides is 1. The molecule has 0 unspecified atom stereocenters. The van der Waals surface area contributed by atoms with Crippen molar-refractivity contribution in [1.29, 1.82) is 0 Å². The van der Waals surface area contributed by atoms with Crippen LogP contribution < -0.4 is 0 Å². The molecule has 7 nitrogen and oxygen atoms in total. The minimum atomic E-state index is -3.16. The van der Waals surface area contributed by atoms with Gasteiger partial charge in [-0.1, -0.05) is 0 Å². The first-order valence-corrected chi connectivity index (χ1v) is 8.23. The normalized spacial score (nSPS) is 17.4. The number of nitrogens with zero attached hydrogens (tertiary/aromatic N) is 4. The van der Waals surface area contributed by atoms with Gasteiger partial charge in [-0.05, 0) is 13.8 Å². The van der Waals surface area contributed by atoms with Crippen LogP contribution in [0.3, 0.4) is 0 Å². The Bertz CT molecular complexity index is 600. The standard InChI is InChI=1S/C12H20N4O3S/c1-4-20(18,19)16-7-5-15(6-8-16)12(17)11-9-13-14(3)10(11)2/h9H,4-8H2,1-3H3. The fraction of sp³-hybridized carbons (Fsp3) is 0.667. The molecule has 1 saturated heterocycles. The van der Waals surface area contributed by atoms with Crippen molar-refractivity contribution in [2.45, 2.75) is 13.8 Å². The van der Waals surface area contributed by atoms with E-state index in [0.29, 0.717) is 31.7 Å². The Morgan fingerprint density at radius 1 is 1.30 bits per heavy atom. The largest absolute Gasteiger partial charge is 0.336 e. The molecule has 2 rings (SSSR count). The van der Waals surface area contributed by atoms with Crippen molar-refractivity contribution in [1.82, 2.24) is 19.0 Å². The number of piperazine rings is 1. The van der Waals surface area contributed by atoms with Gasteiger partial charge >= 0.3 is 0 Å². The van der Waals surface area contributed by atoms with Gasteiger partial charge in [0.2, 0.25) is 10.0 Å². The van der Waals surface area contributed by atoms with Gasteiger partial charge in [0, 0.05) is 38.9 Å². The summed E-state index contributed by atoms with van der Waals surface area (Å²) in [6.45, 7) is 5.05. The molecule has 112 valence electrons. The van der Waals surface area contributed by atoms with E-state index >= 15 is 0 Å². The van der Waals surface area contributed by atoms with Crippen LogP contribution >= 0.6 is 0 Å². The highest BCUT2D eigenvalue weighted by Gasteiger charge is 2.29. The second-order valence-corrected chi connectivity index (χ2v) is 7.12. The summed E-state index contributed by atoms with van der Waals surface area (Å²) < 4.78 is 26.6. The van der Waals surface area contributed by atoms with E-state index in [1.807, 2.05) is 6.92 Å². The summed E-state index contributed by atoms with van der Waals surface area (Å²) in [7, 11) is -1.37. The van der Waals surface area contributed by atoms with Crippen molar-refractivity contribution in [2.75, 3.05) is 31.9 Å². The molecule has 0 atom stereocenters. The topological polar surface area (TPSA) is 75.5 Å². The molecule has 1 aromatic rings. The van der Waals surface area contributed by atoms with Gasteiger partial charge in [0.25, 0.3) is 5.91 Å². The van der Waals surface area contributed by atoms with E-state index in [1.54, 1.807) is 29.7 Å². The third kappa shape index (κ3) is 2.71. The zero-order chi connectivity index (χ0) is 14.9. The van der Waals surface area contributed by atoms with Gasteiger partial charge in [0.15, 0.2) is 0 Å². The lowest BCUT2D eigenvalue weighted by molar-refractivity contribution is 0.0697. The Labute approximate surface area is 119 Å². The Balaban J connectivity index is 2.04. The first-order valence-electron chi connectivity index (χ1n) is 6.62. The molecule has 0 N–H and O–H groups in total. The van der Waals surface area contributed by atoms with Crippen molar-refractivity contribution >= 4 is 15.9 Å². The van der Waals surface area contributed by atoms with E-state index < -0.39 is 10.0 Å². The average molecular weight is 300 g/mol. The molecule has 8 heteroatoms. The van der Waals surface area contributed by atoms with Crippen molar-refractivity contribution in [3.05, 3.63) is 17.5 Å². The van der Waals surface area contributed by atoms with Gasteiger partial charge in [0.05, 0.1) is 17.5 Å². The molecule has 0 saturated carbocycles. The lowest BCUT2D eigenvalue weighted by Crippen LogP contribution is -2.50. The fourth-order valence-corrected chi connectivity index (χ4v) is 3.32. The molecule has 0 aliphatic carbocycles. The zero-order valence-electron chi connectivity index (χ0n) is 12.0.